The monoisotopic (exact) mass is 396 g/mol. The van der Waals surface area contributed by atoms with E-state index in [2.05, 4.69) is 29.5 Å². The molecule has 2 aliphatic rings. The van der Waals surface area contributed by atoms with Crippen LogP contribution in [0.5, 0.6) is 0 Å². The minimum absolute atomic E-state index is 0.106. The third-order valence-electron chi connectivity index (χ3n) is 6.56. The van der Waals surface area contributed by atoms with Gasteiger partial charge in [-0.3, -0.25) is 14.5 Å². The van der Waals surface area contributed by atoms with Crippen molar-refractivity contribution in [2.24, 2.45) is 11.8 Å². The third-order valence-corrected chi connectivity index (χ3v) is 6.56. The van der Waals surface area contributed by atoms with Gasteiger partial charge in [0.05, 0.1) is 0 Å². The van der Waals surface area contributed by atoms with Crippen molar-refractivity contribution in [2.45, 2.75) is 51.6 Å². The minimum Gasteiger partial charge on any atom is -0.361 e. The van der Waals surface area contributed by atoms with Crippen molar-refractivity contribution in [3.05, 3.63) is 36.0 Å². The normalized spacial score (nSPS) is 27.3. The summed E-state index contributed by atoms with van der Waals surface area (Å²) < 4.78 is 0. The Labute approximate surface area is 170 Å². The number of H-pyrrole nitrogens is 1. The van der Waals surface area contributed by atoms with E-state index in [-0.39, 0.29) is 24.4 Å². The Kier molecular flexibility index (Phi) is 5.30. The molecule has 4 amide bonds. The van der Waals surface area contributed by atoms with Gasteiger partial charge in [0.2, 0.25) is 5.91 Å². The topological polar surface area (TPSA) is 94.3 Å². The second-order valence-corrected chi connectivity index (χ2v) is 8.43. The summed E-state index contributed by atoms with van der Waals surface area (Å²) in [6, 6.07) is 6.80. The first-order valence-electron chi connectivity index (χ1n) is 10.4. The molecular formula is C22H28N4O3. The van der Waals surface area contributed by atoms with Crippen LogP contribution in [0.2, 0.25) is 0 Å². The van der Waals surface area contributed by atoms with Gasteiger partial charge < -0.3 is 15.6 Å². The number of urea groups is 1. The van der Waals surface area contributed by atoms with E-state index in [0.29, 0.717) is 18.3 Å². The van der Waals surface area contributed by atoms with Crippen LogP contribution in [0.25, 0.3) is 10.9 Å². The first kappa shape index (κ1) is 19.5. The lowest BCUT2D eigenvalue weighted by atomic mass is 9.78. The fourth-order valence-electron chi connectivity index (χ4n) is 4.57. The van der Waals surface area contributed by atoms with Crippen LogP contribution in [0.15, 0.2) is 30.5 Å². The van der Waals surface area contributed by atoms with Gasteiger partial charge in [0, 0.05) is 29.6 Å². The number of hydrogen-bond acceptors (Lipinski definition) is 3. The number of amides is 4. The second kappa shape index (κ2) is 7.89. The van der Waals surface area contributed by atoms with Crippen molar-refractivity contribution < 1.29 is 14.4 Å². The molecule has 7 heteroatoms. The van der Waals surface area contributed by atoms with Crippen LogP contribution in [0, 0.1) is 11.8 Å². The van der Waals surface area contributed by atoms with E-state index in [1.807, 2.05) is 30.5 Å². The van der Waals surface area contributed by atoms with Crippen LogP contribution >= 0.6 is 0 Å². The highest BCUT2D eigenvalue weighted by Gasteiger charge is 2.39. The number of rotatable bonds is 5. The van der Waals surface area contributed by atoms with E-state index in [1.165, 1.54) is 6.42 Å². The zero-order valence-electron chi connectivity index (χ0n) is 16.9. The Hall–Kier alpha value is -2.83. The zero-order chi connectivity index (χ0) is 20.5. The summed E-state index contributed by atoms with van der Waals surface area (Å²) in [5.41, 5.74) is 1.96. The average Bonchev–Trinajstić information content (AvgIpc) is 3.22. The molecule has 1 aliphatic heterocycles. The minimum atomic E-state index is -0.650. The van der Waals surface area contributed by atoms with Crippen molar-refractivity contribution in [1.29, 1.82) is 0 Å². The van der Waals surface area contributed by atoms with Gasteiger partial charge in [-0.15, -0.1) is 0 Å². The van der Waals surface area contributed by atoms with Crippen LogP contribution in [0.3, 0.4) is 0 Å². The van der Waals surface area contributed by atoms with Gasteiger partial charge in [0.25, 0.3) is 5.91 Å². The first-order chi connectivity index (χ1) is 13.9. The Balaban J connectivity index is 1.38. The van der Waals surface area contributed by atoms with Crippen molar-refractivity contribution in [3.63, 3.8) is 0 Å². The maximum absolute atomic E-state index is 12.8. The van der Waals surface area contributed by atoms with Gasteiger partial charge in [-0.2, -0.15) is 0 Å². The maximum Gasteiger partial charge on any atom is 0.325 e. The smallest absolute Gasteiger partial charge is 0.325 e. The van der Waals surface area contributed by atoms with Gasteiger partial charge in [-0.1, -0.05) is 44.9 Å². The predicted molar refractivity (Wildman–Crippen MR) is 110 cm³/mol. The molecule has 0 bridgehead atoms. The van der Waals surface area contributed by atoms with Gasteiger partial charge in [0.15, 0.2) is 0 Å². The van der Waals surface area contributed by atoms with E-state index in [1.54, 1.807) is 0 Å². The fourth-order valence-corrected chi connectivity index (χ4v) is 4.57. The van der Waals surface area contributed by atoms with Crippen LogP contribution in [0.1, 0.15) is 38.7 Å². The molecule has 4 rings (SSSR count). The molecule has 2 aromatic rings. The molecule has 0 spiro atoms. The number of imide groups is 1. The van der Waals surface area contributed by atoms with E-state index in [0.717, 1.165) is 34.2 Å². The van der Waals surface area contributed by atoms with Crippen LogP contribution in [-0.2, 0) is 16.0 Å². The summed E-state index contributed by atoms with van der Waals surface area (Å²) in [6.45, 7) is 4.13. The Morgan fingerprint density at radius 2 is 2.00 bits per heavy atom. The summed E-state index contributed by atoms with van der Waals surface area (Å²) in [5.74, 6) is 0.337. The lowest BCUT2D eigenvalue weighted by Gasteiger charge is -2.34. The second-order valence-electron chi connectivity index (χ2n) is 8.43. The highest BCUT2D eigenvalue weighted by atomic mass is 16.2. The molecule has 1 aromatic carbocycles. The van der Waals surface area contributed by atoms with E-state index in [4.69, 9.17) is 0 Å². The molecule has 0 radical (unpaired) electrons. The summed E-state index contributed by atoms with van der Waals surface area (Å²) in [6.07, 6.45) is 5.47. The standard InChI is InChI=1S/C22H28N4O3/c1-13-6-5-9-17(14(13)2)24-20(27)12-26-21(28)19(25-22(26)29)10-15-11-23-18-8-4-3-7-16(15)18/h3-4,7-8,11,13-14,17,19,23H,5-6,9-10,12H2,1-2H3,(H,24,27)(H,25,29)/t13-,14-,17+,19-/m1/s1. The van der Waals surface area contributed by atoms with Crippen molar-refractivity contribution in [3.8, 4) is 0 Å². The number of benzene rings is 1. The number of para-hydroxylation sites is 1. The molecular weight excluding hydrogens is 368 g/mol. The molecule has 29 heavy (non-hydrogen) atoms. The number of aromatic amines is 1. The lowest BCUT2D eigenvalue weighted by Crippen LogP contribution is -2.48. The predicted octanol–water partition coefficient (Wildman–Crippen LogP) is 2.57. The molecule has 3 N–H and O–H groups in total. The fraction of sp³-hybridized carbons (Fsp3) is 0.500. The lowest BCUT2D eigenvalue weighted by molar-refractivity contribution is -0.132. The number of carbonyl (C=O) groups excluding carboxylic acids is 3. The quantitative estimate of drug-likeness (QED) is 0.678. The van der Waals surface area contributed by atoms with E-state index in [9.17, 15) is 14.4 Å². The number of hydrogen-bond donors (Lipinski definition) is 3. The number of nitrogens with one attached hydrogen (secondary N) is 3. The number of carbonyl (C=O) groups is 3. The third kappa shape index (κ3) is 3.86. The van der Waals surface area contributed by atoms with Crippen molar-refractivity contribution >= 4 is 28.7 Å². The van der Waals surface area contributed by atoms with Crippen molar-refractivity contribution in [2.75, 3.05) is 6.54 Å². The van der Waals surface area contributed by atoms with E-state index >= 15 is 0 Å². The van der Waals surface area contributed by atoms with Crippen LogP contribution in [0.4, 0.5) is 4.79 Å². The molecule has 1 aliphatic carbocycles. The van der Waals surface area contributed by atoms with Gasteiger partial charge >= 0.3 is 6.03 Å². The number of aromatic nitrogens is 1. The summed E-state index contributed by atoms with van der Waals surface area (Å²) in [5, 5.41) is 6.79. The molecule has 1 aromatic heterocycles. The molecule has 0 unspecified atom stereocenters. The van der Waals surface area contributed by atoms with Gasteiger partial charge in [-0.25, -0.2) is 4.79 Å². The zero-order valence-corrected chi connectivity index (χ0v) is 16.9. The van der Waals surface area contributed by atoms with E-state index < -0.39 is 12.1 Å². The summed E-state index contributed by atoms with van der Waals surface area (Å²) >= 11 is 0. The number of fused-ring (bicyclic) bond motifs is 1. The average molecular weight is 396 g/mol. The molecule has 4 atom stereocenters. The largest absolute Gasteiger partial charge is 0.361 e. The Morgan fingerprint density at radius 1 is 1.21 bits per heavy atom. The van der Waals surface area contributed by atoms with Crippen molar-refractivity contribution in [1.82, 2.24) is 20.5 Å². The highest BCUT2D eigenvalue weighted by molar-refractivity contribution is 6.06. The maximum atomic E-state index is 12.8. The van der Waals surface area contributed by atoms with Crippen LogP contribution in [-0.4, -0.2) is 46.4 Å². The highest BCUT2D eigenvalue weighted by Crippen LogP contribution is 2.29. The summed E-state index contributed by atoms with van der Waals surface area (Å²) in [7, 11) is 0. The molecule has 7 nitrogen and oxygen atoms in total. The van der Waals surface area contributed by atoms with Gasteiger partial charge in [0.1, 0.15) is 12.6 Å². The Morgan fingerprint density at radius 3 is 2.83 bits per heavy atom. The number of nitrogens with zero attached hydrogens (tertiary/aromatic N) is 1. The van der Waals surface area contributed by atoms with Crippen LogP contribution < -0.4 is 10.6 Å². The molecule has 2 heterocycles. The molecule has 154 valence electrons. The van der Waals surface area contributed by atoms with Gasteiger partial charge in [-0.05, 0) is 29.9 Å². The molecule has 1 saturated heterocycles. The SMILES string of the molecule is C[C@@H]1[C@H](C)CCC[C@@H]1NC(=O)CN1C(=O)N[C@H](Cc2c[nH]c3ccccc23)C1=O. The summed E-state index contributed by atoms with van der Waals surface area (Å²) in [4.78, 5) is 41.8. The first-order valence-corrected chi connectivity index (χ1v) is 10.4. The Bertz CT molecular complexity index is 937. The molecule has 2 fully saturated rings. The molecule has 1 saturated carbocycles.